The van der Waals surface area contributed by atoms with Crippen LogP contribution in [-0.2, 0) is 9.53 Å². The SMILES string of the molecule is O=C(O[C@H]1C[C@H]2C[C@@H]1CC2=O)c1ccc(Cl)cc1. The maximum Gasteiger partial charge on any atom is 0.338 e. The Bertz CT molecular complexity index is 494. The lowest BCUT2D eigenvalue weighted by Gasteiger charge is -2.21. The molecule has 2 bridgehead atoms. The zero-order chi connectivity index (χ0) is 12.7. The summed E-state index contributed by atoms with van der Waals surface area (Å²) in [6, 6.07) is 6.65. The van der Waals surface area contributed by atoms with Crippen molar-refractivity contribution in [3.8, 4) is 0 Å². The summed E-state index contributed by atoms with van der Waals surface area (Å²) in [6.07, 6.45) is 2.07. The molecule has 2 fully saturated rings. The van der Waals surface area contributed by atoms with Gasteiger partial charge in [0, 0.05) is 23.3 Å². The maximum absolute atomic E-state index is 11.9. The van der Waals surface area contributed by atoms with Crippen molar-refractivity contribution in [1.82, 2.24) is 0 Å². The van der Waals surface area contributed by atoms with Gasteiger partial charge in [-0.1, -0.05) is 11.6 Å². The molecule has 18 heavy (non-hydrogen) atoms. The van der Waals surface area contributed by atoms with Crippen molar-refractivity contribution in [1.29, 1.82) is 0 Å². The number of esters is 1. The number of halogens is 1. The number of carbonyl (C=O) groups is 2. The molecule has 3 atom stereocenters. The van der Waals surface area contributed by atoms with E-state index in [2.05, 4.69) is 0 Å². The first-order chi connectivity index (χ1) is 8.63. The standard InChI is InChI=1S/C14H13ClO3/c15-11-3-1-8(2-4-11)14(17)18-13-7-9-5-10(13)6-12(9)16/h1-4,9-10,13H,5-7H2/t9-,10-,13+/m1/s1. The van der Waals surface area contributed by atoms with Gasteiger partial charge in [0.05, 0.1) is 5.56 Å². The predicted octanol–water partition coefficient (Wildman–Crippen LogP) is 2.86. The lowest BCUT2D eigenvalue weighted by atomic mass is 9.96. The van der Waals surface area contributed by atoms with Gasteiger partial charge in [-0.25, -0.2) is 4.79 Å². The molecule has 1 aromatic carbocycles. The Labute approximate surface area is 110 Å². The average Bonchev–Trinajstić information content (AvgIpc) is 2.88. The van der Waals surface area contributed by atoms with Crippen LogP contribution < -0.4 is 0 Å². The van der Waals surface area contributed by atoms with Crippen molar-refractivity contribution >= 4 is 23.4 Å². The lowest BCUT2D eigenvalue weighted by Crippen LogP contribution is -2.27. The molecular weight excluding hydrogens is 252 g/mol. The first-order valence-electron chi connectivity index (χ1n) is 6.13. The fourth-order valence-electron chi connectivity index (χ4n) is 2.92. The summed E-state index contributed by atoms with van der Waals surface area (Å²) in [5, 5.41) is 0.595. The topological polar surface area (TPSA) is 43.4 Å². The quantitative estimate of drug-likeness (QED) is 0.772. The average molecular weight is 265 g/mol. The van der Waals surface area contributed by atoms with Crippen molar-refractivity contribution in [3.05, 3.63) is 34.9 Å². The molecule has 4 heteroatoms. The van der Waals surface area contributed by atoms with Gasteiger partial charge in [0.25, 0.3) is 0 Å². The van der Waals surface area contributed by atoms with Gasteiger partial charge in [-0.3, -0.25) is 4.79 Å². The van der Waals surface area contributed by atoms with Crippen molar-refractivity contribution in [2.24, 2.45) is 11.8 Å². The van der Waals surface area contributed by atoms with Crippen LogP contribution in [0.2, 0.25) is 5.02 Å². The van der Waals surface area contributed by atoms with Crippen LogP contribution in [0.3, 0.4) is 0 Å². The number of benzene rings is 1. The minimum atomic E-state index is -0.323. The second-order valence-corrected chi connectivity index (χ2v) is 5.49. The second kappa shape index (κ2) is 4.39. The molecule has 0 amide bonds. The van der Waals surface area contributed by atoms with Gasteiger partial charge >= 0.3 is 5.97 Å². The normalized spacial score (nSPS) is 29.6. The molecule has 0 heterocycles. The molecule has 0 spiro atoms. The third kappa shape index (κ3) is 2.03. The molecule has 0 unspecified atom stereocenters. The van der Waals surface area contributed by atoms with Crippen LogP contribution in [-0.4, -0.2) is 17.9 Å². The van der Waals surface area contributed by atoms with Crippen LogP contribution in [0.5, 0.6) is 0 Å². The number of rotatable bonds is 2. The zero-order valence-electron chi connectivity index (χ0n) is 9.77. The number of carbonyl (C=O) groups excluding carboxylic acids is 2. The van der Waals surface area contributed by atoms with Crippen molar-refractivity contribution in [2.45, 2.75) is 25.4 Å². The van der Waals surface area contributed by atoms with E-state index in [1.54, 1.807) is 24.3 Å². The number of ketones is 1. The van der Waals surface area contributed by atoms with Gasteiger partial charge in [-0.05, 0) is 37.1 Å². The van der Waals surface area contributed by atoms with E-state index in [0.29, 0.717) is 29.2 Å². The van der Waals surface area contributed by atoms with Gasteiger partial charge in [0.15, 0.2) is 0 Å². The number of hydrogen-bond acceptors (Lipinski definition) is 3. The van der Waals surface area contributed by atoms with E-state index < -0.39 is 0 Å². The third-order valence-corrected chi connectivity index (χ3v) is 4.14. The molecule has 3 nitrogen and oxygen atoms in total. The maximum atomic E-state index is 11.9. The second-order valence-electron chi connectivity index (χ2n) is 5.05. The Morgan fingerprint density at radius 1 is 1.22 bits per heavy atom. The molecule has 1 aromatic rings. The Morgan fingerprint density at radius 2 is 1.94 bits per heavy atom. The summed E-state index contributed by atoms with van der Waals surface area (Å²) >= 11 is 5.76. The van der Waals surface area contributed by atoms with Crippen LogP contribution >= 0.6 is 11.6 Å². The van der Waals surface area contributed by atoms with E-state index in [-0.39, 0.29) is 23.9 Å². The van der Waals surface area contributed by atoms with Gasteiger partial charge < -0.3 is 4.74 Å². The molecule has 0 N–H and O–H groups in total. The van der Waals surface area contributed by atoms with Crippen LogP contribution in [0, 0.1) is 11.8 Å². The minimum absolute atomic E-state index is 0.0871. The lowest BCUT2D eigenvalue weighted by molar-refractivity contribution is -0.123. The first kappa shape index (κ1) is 11.7. The van der Waals surface area contributed by atoms with E-state index in [1.807, 2.05) is 0 Å². The van der Waals surface area contributed by atoms with Crippen LogP contribution in [0.25, 0.3) is 0 Å². The van der Waals surface area contributed by atoms with Crippen molar-refractivity contribution < 1.29 is 14.3 Å². The van der Waals surface area contributed by atoms with E-state index in [4.69, 9.17) is 16.3 Å². The van der Waals surface area contributed by atoms with Crippen LogP contribution in [0.4, 0.5) is 0 Å². The monoisotopic (exact) mass is 264 g/mol. The minimum Gasteiger partial charge on any atom is -0.458 e. The Hall–Kier alpha value is -1.35. The highest BCUT2D eigenvalue weighted by molar-refractivity contribution is 6.30. The summed E-state index contributed by atoms with van der Waals surface area (Å²) in [7, 11) is 0. The van der Waals surface area contributed by atoms with Crippen LogP contribution in [0.1, 0.15) is 29.6 Å². The highest BCUT2D eigenvalue weighted by atomic mass is 35.5. The summed E-state index contributed by atoms with van der Waals surface area (Å²) in [6.45, 7) is 0. The molecular formula is C14H13ClO3. The van der Waals surface area contributed by atoms with Crippen molar-refractivity contribution in [3.63, 3.8) is 0 Å². The molecule has 0 aliphatic heterocycles. The van der Waals surface area contributed by atoms with Gasteiger partial charge in [0.1, 0.15) is 11.9 Å². The summed E-state index contributed by atoms with van der Waals surface area (Å²) < 4.78 is 5.49. The van der Waals surface area contributed by atoms with Gasteiger partial charge in [-0.2, -0.15) is 0 Å². The number of hydrogen-bond donors (Lipinski definition) is 0. The first-order valence-corrected chi connectivity index (χ1v) is 6.50. The van der Waals surface area contributed by atoms with E-state index in [9.17, 15) is 9.59 Å². The molecule has 0 aromatic heterocycles. The zero-order valence-corrected chi connectivity index (χ0v) is 10.5. The molecule has 94 valence electrons. The fourth-order valence-corrected chi connectivity index (χ4v) is 3.05. The molecule has 0 saturated heterocycles. The number of ether oxygens (including phenoxy) is 1. The largest absolute Gasteiger partial charge is 0.458 e. The fraction of sp³-hybridized carbons (Fsp3) is 0.429. The summed E-state index contributed by atoms with van der Waals surface area (Å²) in [5.74, 6) is 0.368. The summed E-state index contributed by atoms with van der Waals surface area (Å²) in [5.41, 5.74) is 0.508. The smallest absolute Gasteiger partial charge is 0.338 e. The van der Waals surface area contributed by atoms with Gasteiger partial charge in [-0.15, -0.1) is 0 Å². The number of fused-ring (bicyclic) bond motifs is 2. The molecule has 0 radical (unpaired) electrons. The van der Waals surface area contributed by atoms with Crippen LogP contribution in [0.15, 0.2) is 24.3 Å². The molecule has 2 aliphatic carbocycles. The van der Waals surface area contributed by atoms with E-state index in [0.717, 1.165) is 6.42 Å². The molecule has 2 aliphatic rings. The molecule has 2 saturated carbocycles. The van der Waals surface area contributed by atoms with Crippen molar-refractivity contribution in [2.75, 3.05) is 0 Å². The predicted molar refractivity (Wildman–Crippen MR) is 66.5 cm³/mol. The molecule has 3 rings (SSSR count). The number of Topliss-reactive ketones (excluding diaryl/α,β-unsaturated/α-hetero) is 1. The van der Waals surface area contributed by atoms with Gasteiger partial charge in [0.2, 0.25) is 0 Å². The van der Waals surface area contributed by atoms with E-state index >= 15 is 0 Å². The highest BCUT2D eigenvalue weighted by Gasteiger charge is 2.46. The summed E-state index contributed by atoms with van der Waals surface area (Å²) in [4.78, 5) is 23.3. The highest BCUT2D eigenvalue weighted by Crippen LogP contribution is 2.43. The van der Waals surface area contributed by atoms with E-state index in [1.165, 1.54) is 0 Å². The Balaban J connectivity index is 1.66. The third-order valence-electron chi connectivity index (χ3n) is 3.89. The Morgan fingerprint density at radius 3 is 2.50 bits per heavy atom. The Kier molecular flexibility index (Phi) is 2.86.